The normalized spacial score (nSPS) is 13.6. The maximum absolute atomic E-state index is 13.2. The van der Waals surface area contributed by atoms with Crippen molar-refractivity contribution in [1.29, 1.82) is 0 Å². The second kappa shape index (κ2) is 6.44. The van der Waals surface area contributed by atoms with Gasteiger partial charge in [0.15, 0.2) is 11.6 Å². The van der Waals surface area contributed by atoms with Gasteiger partial charge in [-0.05, 0) is 42.3 Å². The van der Waals surface area contributed by atoms with Crippen molar-refractivity contribution in [3.63, 3.8) is 0 Å². The Morgan fingerprint density at radius 3 is 2.60 bits per heavy atom. The van der Waals surface area contributed by atoms with Gasteiger partial charge in [0.2, 0.25) is 5.91 Å². The standard InChI is InChI=1S/C17H16F2N2O3S/c1-2-17(22)21-8-7-11-9-13(4-6-16(11)21)25(23,24)20-12-3-5-14(18)15(19)10-12/h3-6,9-10,20H,2,7-8H2,1H3. The molecular formula is C17H16F2N2O3S. The lowest BCUT2D eigenvalue weighted by atomic mass is 10.2. The fourth-order valence-corrected chi connectivity index (χ4v) is 3.87. The zero-order chi connectivity index (χ0) is 18.2. The number of anilines is 2. The predicted molar refractivity (Wildman–Crippen MR) is 90.0 cm³/mol. The average molecular weight is 366 g/mol. The summed E-state index contributed by atoms with van der Waals surface area (Å²) in [6, 6.07) is 7.26. The molecule has 0 unspecified atom stereocenters. The minimum atomic E-state index is -3.95. The van der Waals surface area contributed by atoms with Crippen LogP contribution in [0.5, 0.6) is 0 Å². The maximum atomic E-state index is 13.2. The van der Waals surface area contributed by atoms with Crippen LogP contribution >= 0.6 is 0 Å². The smallest absolute Gasteiger partial charge is 0.261 e. The summed E-state index contributed by atoms with van der Waals surface area (Å²) in [6.07, 6.45) is 0.937. The predicted octanol–water partition coefficient (Wildman–Crippen LogP) is 3.06. The number of amides is 1. The Kier molecular flexibility index (Phi) is 4.47. The molecular weight excluding hydrogens is 350 g/mol. The van der Waals surface area contributed by atoms with E-state index in [1.54, 1.807) is 17.9 Å². The SMILES string of the molecule is CCC(=O)N1CCc2cc(S(=O)(=O)Nc3ccc(F)c(F)c3)ccc21. The first-order valence-electron chi connectivity index (χ1n) is 7.73. The lowest BCUT2D eigenvalue weighted by molar-refractivity contribution is -0.118. The van der Waals surface area contributed by atoms with E-state index in [1.807, 2.05) is 0 Å². The van der Waals surface area contributed by atoms with Gasteiger partial charge in [0.05, 0.1) is 10.6 Å². The van der Waals surface area contributed by atoms with Gasteiger partial charge in [-0.15, -0.1) is 0 Å². The molecule has 1 aliphatic rings. The molecule has 0 saturated carbocycles. The van der Waals surface area contributed by atoms with Gasteiger partial charge in [-0.1, -0.05) is 6.92 Å². The summed E-state index contributed by atoms with van der Waals surface area (Å²) in [5.41, 5.74) is 1.40. The number of hydrogen-bond acceptors (Lipinski definition) is 3. The fraction of sp³-hybridized carbons (Fsp3) is 0.235. The Morgan fingerprint density at radius 1 is 1.16 bits per heavy atom. The second-order valence-corrected chi connectivity index (χ2v) is 7.36. The highest BCUT2D eigenvalue weighted by Gasteiger charge is 2.26. The third-order valence-corrected chi connectivity index (χ3v) is 5.41. The van der Waals surface area contributed by atoms with Gasteiger partial charge in [0, 0.05) is 24.7 Å². The summed E-state index contributed by atoms with van der Waals surface area (Å²) in [4.78, 5) is 13.5. The lowest BCUT2D eigenvalue weighted by Crippen LogP contribution is -2.27. The molecule has 0 radical (unpaired) electrons. The Bertz CT molecular complexity index is 945. The number of hydrogen-bond donors (Lipinski definition) is 1. The van der Waals surface area contributed by atoms with E-state index in [-0.39, 0.29) is 16.5 Å². The van der Waals surface area contributed by atoms with Crippen molar-refractivity contribution in [3.8, 4) is 0 Å². The molecule has 1 amide bonds. The van der Waals surface area contributed by atoms with Crippen LogP contribution in [-0.4, -0.2) is 20.9 Å². The number of rotatable bonds is 4. The van der Waals surface area contributed by atoms with E-state index >= 15 is 0 Å². The molecule has 0 saturated heterocycles. The molecule has 1 N–H and O–H groups in total. The van der Waals surface area contributed by atoms with Gasteiger partial charge in [0.1, 0.15) is 0 Å². The van der Waals surface area contributed by atoms with Crippen molar-refractivity contribution in [2.24, 2.45) is 0 Å². The van der Waals surface area contributed by atoms with Crippen LogP contribution in [0.4, 0.5) is 20.2 Å². The van der Waals surface area contributed by atoms with Crippen LogP contribution in [0.2, 0.25) is 0 Å². The Hall–Kier alpha value is -2.48. The molecule has 132 valence electrons. The monoisotopic (exact) mass is 366 g/mol. The summed E-state index contributed by atoms with van der Waals surface area (Å²) in [7, 11) is -3.95. The molecule has 1 heterocycles. The molecule has 3 rings (SSSR count). The van der Waals surface area contributed by atoms with Crippen LogP contribution in [0, 0.1) is 11.6 Å². The number of sulfonamides is 1. The van der Waals surface area contributed by atoms with E-state index in [0.717, 1.165) is 23.8 Å². The van der Waals surface area contributed by atoms with Crippen molar-refractivity contribution in [2.75, 3.05) is 16.2 Å². The molecule has 0 bridgehead atoms. The van der Waals surface area contributed by atoms with Crippen LogP contribution in [0.25, 0.3) is 0 Å². The molecule has 0 spiro atoms. The first-order valence-corrected chi connectivity index (χ1v) is 9.21. The summed E-state index contributed by atoms with van der Waals surface area (Å²) in [5, 5.41) is 0. The van der Waals surface area contributed by atoms with Crippen LogP contribution in [0.15, 0.2) is 41.3 Å². The highest BCUT2D eigenvalue weighted by molar-refractivity contribution is 7.92. The number of carbonyl (C=O) groups is 1. The summed E-state index contributed by atoms with van der Waals surface area (Å²) >= 11 is 0. The molecule has 5 nitrogen and oxygen atoms in total. The van der Waals surface area contributed by atoms with E-state index in [4.69, 9.17) is 0 Å². The van der Waals surface area contributed by atoms with Crippen LogP contribution in [0.3, 0.4) is 0 Å². The van der Waals surface area contributed by atoms with E-state index in [2.05, 4.69) is 4.72 Å². The van der Waals surface area contributed by atoms with Crippen molar-refractivity contribution < 1.29 is 22.0 Å². The quantitative estimate of drug-likeness (QED) is 0.904. The summed E-state index contributed by atoms with van der Waals surface area (Å²) in [6.45, 7) is 2.28. The fourth-order valence-electron chi connectivity index (χ4n) is 2.77. The summed E-state index contributed by atoms with van der Waals surface area (Å²) in [5.74, 6) is -2.21. The van der Waals surface area contributed by atoms with Gasteiger partial charge in [-0.3, -0.25) is 9.52 Å². The van der Waals surface area contributed by atoms with Gasteiger partial charge in [0.25, 0.3) is 10.0 Å². The first-order chi connectivity index (χ1) is 11.8. The van der Waals surface area contributed by atoms with Crippen LogP contribution in [-0.2, 0) is 21.2 Å². The number of halogens is 2. The number of benzene rings is 2. The third-order valence-electron chi connectivity index (χ3n) is 4.03. The Morgan fingerprint density at radius 2 is 1.92 bits per heavy atom. The average Bonchev–Trinajstić information content (AvgIpc) is 3.00. The number of carbonyl (C=O) groups excluding carboxylic acids is 1. The van der Waals surface area contributed by atoms with Crippen molar-refractivity contribution >= 4 is 27.3 Å². The molecule has 25 heavy (non-hydrogen) atoms. The molecule has 0 atom stereocenters. The summed E-state index contributed by atoms with van der Waals surface area (Å²) < 4.78 is 53.3. The van der Waals surface area contributed by atoms with E-state index in [9.17, 15) is 22.0 Å². The van der Waals surface area contributed by atoms with Crippen molar-refractivity contribution in [2.45, 2.75) is 24.7 Å². The molecule has 0 fully saturated rings. The zero-order valence-corrected chi connectivity index (χ0v) is 14.2. The van der Waals surface area contributed by atoms with Gasteiger partial charge < -0.3 is 4.90 Å². The molecule has 2 aromatic carbocycles. The zero-order valence-electron chi connectivity index (χ0n) is 13.4. The first kappa shape index (κ1) is 17.3. The van der Waals surface area contributed by atoms with Crippen LogP contribution < -0.4 is 9.62 Å². The topological polar surface area (TPSA) is 66.5 Å². The second-order valence-electron chi connectivity index (χ2n) is 5.67. The Labute approximate surface area is 144 Å². The van der Waals surface area contributed by atoms with Gasteiger partial charge >= 0.3 is 0 Å². The van der Waals surface area contributed by atoms with E-state index in [0.29, 0.717) is 25.1 Å². The minimum Gasteiger partial charge on any atom is -0.312 e. The third kappa shape index (κ3) is 3.34. The lowest BCUT2D eigenvalue weighted by Gasteiger charge is -2.16. The molecule has 1 aliphatic heterocycles. The Balaban J connectivity index is 1.89. The van der Waals surface area contributed by atoms with Gasteiger partial charge in [-0.2, -0.15) is 0 Å². The van der Waals surface area contributed by atoms with Crippen LogP contribution in [0.1, 0.15) is 18.9 Å². The highest BCUT2D eigenvalue weighted by atomic mass is 32.2. The molecule has 0 aromatic heterocycles. The van der Waals surface area contributed by atoms with Gasteiger partial charge in [-0.25, -0.2) is 17.2 Å². The molecule has 2 aromatic rings. The largest absolute Gasteiger partial charge is 0.312 e. The number of nitrogens with one attached hydrogen (secondary N) is 1. The molecule has 0 aliphatic carbocycles. The molecule has 8 heteroatoms. The number of nitrogens with zero attached hydrogens (tertiary/aromatic N) is 1. The van der Waals surface area contributed by atoms with E-state index < -0.39 is 21.7 Å². The minimum absolute atomic E-state index is 0.00165. The maximum Gasteiger partial charge on any atom is 0.261 e. The number of fused-ring (bicyclic) bond motifs is 1. The van der Waals surface area contributed by atoms with E-state index in [1.165, 1.54) is 12.1 Å². The van der Waals surface area contributed by atoms with Crippen molar-refractivity contribution in [1.82, 2.24) is 0 Å². The van der Waals surface area contributed by atoms with Crippen molar-refractivity contribution in [3.05, 3.63) is 53.6 Å². The highest BCUT2D eigenvalue weighted by Crippen LogP contribution is 2.31.